The minimum absolute atomic E-state index is 0.0121. The van der Waals surface area contributed by atoms with Crippen LogP contribution in [0.15, 0.2) is 66.4 Å². The van der Waals surface area contributed by atoms with Crippen LogP contribution in [0.25, 0.3) is 16.7 Å². The van der Waals surface area contributed by atoms with Crippen molar-refractivity contribution in [2.75, 3.05) is 12.4 Å². The molecule has 38 heavy (non-hydrogen) atoms. The van der Waals surface area contributed by atoms with E-state index in [1.807, 2.05) is 77.1 Å². The van der Waals surface area contributed by atoms with E-state index in [-0.39, 0.29) is 17.1 Å². The molecule has 0 atom stereocenters. The minimum Gasteiger partial charge on any atom is -0.493 e. The SMILES string of the molecule is CCC/C=C(\c1cc(-c2cccc(NC(=O)/C(C)=C/C(C)(C)C)c2)cnc1C)c1cc(F)cc(F)c1OC. The molecule has 0 aliphatic heterocycles. The van der Waals surface area contributed by atoms with Gasteiger partial charge < -0.3 is 10.1 Å². The van der Waals surface area contributed by atoms with Crippen molar-refractivity contribution in [3.63, 3.8) is 0 Å². The maximum atomic E-state index is 14.6. The molecule has 0 radical (unpaired) electrons. The summed E-state index contributed by atoms with van der Waals surface area (Å²) in [5, 5.41) is 2.97. The molecule has 0 fully saturated rings. The molecule has 0 bridgehead atoms. The number of benzene rings is 2. The first-order valence-corrected chi connectivity index (χ1v) is 12.7. The molecule has 1 N–H and O–H groups in total. The molecule has 0 aliphatic rings. The number of ether oxygens (including phenoxy) is 1. The molecule has 6 heteroatoms. The number of aromatic nitrogens is 1. The van der Waals surface area contributed by atoms with E-state index in [4.69, 9.17) is 4.74 Å². The van der Waals surface area contributed by atoms with Gasteiger partial charge >= 0.3 is 0 Å². The number of allylic oxidation sites excluding steroid dienone is 2. The molecule has 3 aromatic rings. The van der Waals surface area contributed by atoms with Gasteiger partial charge in [-0.05, 0) is 61.1 Å². The third-order valence-electron chi connectivity index (χ3n) is 5.98. The van der Waals surface area contributed by atoms with E-state index in [0.717, 1.165) is 34.9 Å². The molecular weight excluding hydrogens is 482 g/mol. The fraction of sp³-hybridized carbons (Fsp3) is 0.312. The number of nitrogens with zero attached hydrogens (tertiary/aromatic N) is 1. The summed E-state index contributed by atoms with van der Waals surface area (Å²) in [5.74, 6) is -1.61. The Morgan fingerprint density at radius 3 is 2.47 bits per heavy atom. The summed E-state index contributed by atoms with van der Waals surface area (Å²) < 4.78 is 34.2. The van der Waals surface area contributed by atoms with Crippen molar-refractivity contribution in [1.82, 2.24) is 4.98 Å². The summed E-state index contributed by atoms with van der Waals surface area (Å²) in [5.41, 5.74) is 5.31. The Bertz CT molecular complexity index is 1380. The van der Waals surface area contributed by atoms with Crippen molar-refractivity contribution in [2.24, 2.45) is 5.41 Å². The zero-order valence-corrected chi connectivity index (χ0v) is 23.2. The van der Waals surface area contributed by atoms with Gasteiger partial charge in [-0.15, -0.1) is 0 Å². The maximum Gasteiger partial charge on any atom is 0.250 e. The van der Waals surface area contributed by atoms with E-state index < -0.39 is 11.6 Å². The topological polar surface area (TPSA) is 51.2 Å². The monoisotopic (exact) mass is 518 g/mol. The third-order valence-corrected chi connectivity index (χ3v) is 5.98. The van der Waals surface area contributed by atoms with Gasteiger partial charge in [0.05, 0.1) is 7.11 Å². The standard InChI is InChI=1S/C32H36F2N2O2/c1-8-9-13-26(28-16-24(33)17-29(34)30(28)38-7)27-15-23(19-35-21(27)3)22-11-10-12-25(14-22)36-31(37)20(2)18-32(4,5)6/h10-19H,8-9H2,1-7H3,(H,36,37)/b20-18+,26-13+. The number of hydrogen-bond donors (Lipinski definition) is 1. The predicted molar refractivity (Wildman–Crippen MR) is 151 cm³/mol. The quantitative estimate of drug-likeness (QED) is 0.304. The fourth-order valence-corrected chi connectivity index (χ4v) is 4.31. The molecule has 200 valence electrons. The van der Waals surface area contributed by atoms with Gasteiger partial charge in [0.2, 0.25) is 0 Å². The highest BCUT2D eigenvalue weighted by Gasteiger charge is 2.19. The Balaban J connectivity index is 2.06. The van der Waals surface area contributed by atoms with Crippen LogP contribution in [0.2, 0.25) is 0 Å². The van der Waals surface area contributed by atoms with E-state index in [9.17, 15) is 13.6 Å². The number of nitrogens with one attached hydrogen (secondary N) is 1. The number of hydrogen-bond acceptors (Lipinski definition) is 3. The summed E-state index contributed by atoms with van der Waals surface area (Å²) in [6.45, 7) is 11.8. The number of rotatable bonds is 8. The average Bonchev–Trinajstić information content (AvgIpc) is 2.84. The molecule has 0 saturated carbocycles. The number of unbranched alkanes of at least 4 members (excludes halogenated alkanes) is 1. The van der Waals surface area contributed by atoms with Crippen LogP contribution in [-0.2, 0) is 4.79 Å². The minimum atomic E-state index is -0.758. The highest BCUT2D eigenvalue weighted by Crippen LogP contribution is 2.37. The number of aryl methyl sites for hydroxylation is 1. The van der Waals surface area contributed by atoms with Gasteiger partial charge in [-0.3, -0.25) is 9.78 Å². The number of pyridine rings is 1. The lowest BCUT2D eigenvalue weighted by molar-refractivity contribution is -0.112. The Morgan fingerprint density at radius 1 is 1.08 bits per heavy atom. The average molecular weight is 519 g/mol. The molecule has 0 aliphatic carbocycles. The van der Waals surface area contributed by atoms with Crippen molar-refractivity contribution < 1.29 is 18.3 Å². The number of amides is 1. The molecule has 4 nitrogen and oxygen atoms in total. The Hall–Kier alpha value is -3.80. The van der Waals surface area contributed by atoms with Crippen molar-refractivity contribution >= 4 is 17.2 Å². The Kier molecular flexibility index (Phi) is 9.21. The van der Waals surface area contributed by atoms with Gasteiger partial charge in [0.15, 0.2) is 11.6 Å². The van der Waals surface area contributed by atoms with E-state index in [1.165, 1.54) is 13.2 Å². The highest BCUT2D eigenvalue weighted by atomic mass is 19.1. The number of carbonyl (C=O) groups excluding carboxylic acids is 1. The highest BCUT2D eigenvalue weighted by molar-refractivity contribution is 6.03. The molecule has 1 heterocycles. The number of halogens is 2. The van der Waals surface area contributed by atoms with Gasteiger partial charge in [0.1, 0.15) is 5.82 Å². The van der Waals surface area contributed by atoms with Gasteiger partial charge in [-0.2, -0.15) is 0 Å². The largest absolute Gasteiger partial charge is 0.493 e. The van der Waals surface area contributed by atoms with Crippen molar-refractivity contribution in [2.45, 2.75) is 54.4 Å². The fourth-order valence-electron chi connectivity index (χ4n) is 4.31. The lowest BCUT2D eigenvalue weighted by Gasteiger charge is -2.17. The summed E-state index contributed by atoms with van der Waals surface area (Å²) in [6.07, 6.45) is 7.23. The van der Waals surface area contributed by atoms with Crippen molar-refractivity contribution in [3.8, 4) is 16.9 Å². The van der Waals surface area contributed by atoms with Crippen LogP contribution in [-0.4, -0.2) is 18.0 Å². The molecule has 3 rings (SSSR count). The van der Waals surface area contributed by atoms with Crippen LogP contribution in [0, 0.1) is 24.0 Å². The molecule has 2 aromatic carbocycles. The van der Waals surface area contributed by atoms with Crippen molar-refractivity contribution in [3.05, 3.63) is 94.8 Å². The summed E-state index contributed by atoms with van der Waals surface area (Å²) in [4.78, 5) is 17.3. The summed E-state index contributed by atoms with van der Waals surface area (Å²) in [6, 6.07) is 11.6. The zero-order chi connectivity index (χ0) is 28.0. The first-order valence-electron chi connectivity index (χ1n) is 12.7. The van der Waals surface area contributed by atoms with E-state index in [1.54, 1.807) is 13.1 Å². The lowest BCUT2D eigenvalue weighted by atomic mass is 9.92. The van der Waals surface area contributed by atoms with Gasteiger partial charge in [0, 0.05) is 45.9 Å². The van der Waals surface area contributed by atoms with Gasteiger partial charge in [-0.25, -0.2) is 8.78 Å². The molecule has 0 saturated heterocycles. The number of methoxy groups -OCH3 is 1. The molecule has 0 spiro atoms. The van der Waals surface area contributed by atoms with Gasteiger partial charge in [-0.1, -0.05) is 58.4 Å². The molecular formula is C32H36F2N2O2. The predicted octanol–water partition coefficient (Wildman–Crippen LogP) is 8.51. The van der Waals surface area contributed by atoms with Crippen LogP contribution in [0.5, 0.6) is 5.75 Å². The molecule has 1 amide bonds. The maximum absolute atomic E-state index is 14.6. The lowest BCUT2D eigenvalue weighted by Crippen LogP contribution is -2.15. The normalized spacial score (nSPS) is 12.4. The van der Waals surface area contributed by atoms with E-state index >= 15 is 0 Å². The zero-order valence-electron chi connectivity index (χ0n) is 23.2. The second-order valence-electron chi connectivity index (χ2n) is 10.5. The summed E-state index contributed by atoms with van der Waals surface area (Å²) in [7, 11) is 1.37. The van der Waals surface area contributed by atoms with Crippen LogP contribution < -0.4 is 10.1 Å². The molecule has 1 aromatic heterocycles. The Labute approximate surface area is 224 Å². The van der Waals surface area contributed by atoms with Crippen LogP contribution in [0.1, 0.15) is 64.3 Å². The second kappa shape index (κ2) is 12.2. The van der Waals surface area contributed by atoms with Crippen LogP contribution >= 0.6 is 0 Å². The number of anilines is 1. The third kappa shape index (κ3) is 7.15. The van der Waals surface area contributed by atoms with Crippen LogP contribution in [0.3, 0.4) is 0 Å². The number of carbonyl (C=O) groups is 1. The van der Waals surface area contributed by atoms with Gasteiger partial charge in [0.25, 0.3) is 5.91 Å². The smallest absolute Gasteiger partial charge is 0.250 e. The van der Waals surface area contributed by atoms with Crippen molar-refractivity contribution in [1.29, 1.82) is 0 Å². The van der Waals surface area contributed by atoms with Crippen LogP contribution in [0.4, 0.5) is 14.5 Å². The van der Waals surface area contributed by atoms with E-state index in [0.29, 0.717) is 28.8 Å². The molecule has 0 unspecified atom stereocenters. The second-order valence-corrected chi connectivity index (χ2v) is 10.5. The Morgan fingerprint density at radius 2 is 1.82 bits per heavy atom. The first-order chi connectivity index (χ1) is 17.9. The first kappa shape index (κ1) is 28.8. The van der Waals surface area contributed by atoms with E-state index in [2.05, 4.69) is 10.3 Å². The summed E-state index contributed by atoms with van der Waals surface area (Å²) >= 11 is 0.